The Labute approximate surface area is 112 Å². The van der Waals surface area contributed by atoms with E-state index in [1.807, 2.05) is 63.2 Å². The molecular weight excluding hydrogens is 236 g/mol. The van der Waals surface area contributed by atoms with Gasteiger partial charge in [0, 0.05) is 5.56 Å². The first-order chi connectivity index (χ1) is 9.24. The molecule has 1 aromatic carbocycles. The Morgan fingerprint density at radius 1 is 0.895 bits per heavy atom. The van der Waals surface area contributed by atoms with Gasteiger partial charge in [-0.25, -0.2) is 0 Å². The summed E-state index contributed by atoms with van der Waals surface area (Å²) in [5.41, 5.74) is 1.20. The highest BCUT2D eigenvalue weighted by Crippen LogP contribution is 2.18. The Hall–Kier alpha value is -2.36. The second-order valence-corrected chi connectivity index (χ2v) is 4.62. The first-order valence-electron chi connectivity index (χ1n) is 6.20. The summed E-state index contributed by atoms with van der Waals surface area (Å²) < 4.78 is 7.93. The van der Waals surface area contributed by atoms with Gasteiger partial charge in [0.15, 0.2) is 0 Å². The summed E-state index contributed by atoms with van der Waals surface area (Å²) in [6.07, 6.45) is 14.6. The average molecular weight is 252 g/mol. The van der Waals surface area contributed by atoms with Crippen LogP contribution in [-0.4, -0.2) is 9.13 Å². The molecule has 0 aliphatic heterocycles. The second-order valence-electron chi connectivity index (χ2n) is 4.62. The van der Waals surface area contributed by atoms with Crippen molar-refractivity contribution in [1.29, 1.82) is 0 Å². The lowest BCUT2D eigenvalue weighted by Gasteiger charge is -2.17. The number of rotatable bonds is 3. The summed E-state index contributed by atoms with van der Waals surface area (Å²) in [5.74, 6) is 0. The minimum absolute atomic E-state index is 0.0311. The maximum Gasteiger partial charge on any atom is 0.225 e. The number of aromatic nitrogens is 4. The van der Waals surface area contributed by atoms with E-state index in [-0.39, 0.29) is 6.17 Å². The fourth-order valence-electron chi connectivity index (χ4n) is 2.19. The van der Waals surface area contributed by atoms with Crippen molar-refractivity contribution >= 4 is 0 Å². The lowest BCUT2D eigenvalue weighted by molar-refractivity contribution is -0.676. The van der Waals surface area contributed by atoms with Crippen LogP contribution in [0.2, 0.25) is 0 Å². The highest BCUT2D eigenvalue weighted by Gasteiger charge is 2.18. The highest BCUT2D eigenvalue weighted by atomic mass is 15.3. The zero-order valence-corrected chi connectivity index (χ0v) is 11.1. The lowest BCUT2D eigenvalue weighted by atomic mass is 10.1. The van der Waals surface area contributed by atoms with Crippen LogP contribution < -0.4 is 9.13 Å². The smallest absolute Gasteiger partial charge is 0.225 e. The van der Waals surface area contributed by atoms with Gasteiger partial charge in [-0.15, -0.1) is 0 Å². The van der Waals surface area contributed by atoms with Gasteiger partial charge in [0.05, 0.1) is 14.1 Å². The molecule has 96 valence electrons. The summed E-state index contributed by atoms with van der Waals surface area (Å²) in [6, 6.07) is 10.4. The fourth-order valence-corrected chi connectivity index (χ4v) is 2.19. The van der Waals surface area contributed by atoms with E-state index in [9.17, 15) is 0 Å². The van der Waals surface area contributed by atoms with Crippen LogP contribution in [0.1, 0.15) is 11.7 Å². The lowest BCUT2D eigenvalue weighted by Crippen LogP contribution is -2.28. The Bertz CT molecular complexity index is 626. The van der Waals surface area contributed by atoms with Crippen LogP contribution in [0, 0.1) is 12.7 Å². The third kappa shape index (κ3) is 2.29. The maximum absolute atomic E-state index is 3.27. The summed E-state index contributed by atoms with van der Waals surface area (Å²) >= 11 is 0. The molecule has 2 aromatic heterocycles. The molecule has 4 heteroatoms. The summed E-state index contributed by atoms with van der Waals surface area (Å²) in [7, 11) is 3.94. The molecule has 0 saturated heterocycles. The molecule has 2 heterocycles. The van der Waals surface area contributed by atoms with E-state index in [0.29, 0.717) is 0 Å². The van der Waals surface area contributed by atoms with Crippen molar-refractivity contribution in [2.75, 3.05) is 0 Å². The highest BCUT2D eigenvalue weighted by molar-refractivity contribution is 5.20. The van der Waals surface area contributed by atoms with Gasteiger partial charge in [-0.3, -0.25) is 0 Å². The van der Waals surface area contributed by atoms with Crippen molar-refractivity contribution in [2.24, 2.45) is 14.1 Å². The number of benzene rings is 1. The van der Waals surface area contributed by atoms with Gasteiger partial charge in [-0.2, -0.15) is 0 Å². The number of hydrogen-bond acceptors (Lipinski definition) is 0. The third-order valence-electron chi connectivity index (χ3n) is 3.07. The van der Waals surface area contributed by atoms with Gasteiger partial charge < -0.3 is 18.3 Å². The van der Waals surface area contributed by atoms with Crippen LogP contribution in [0.15, 0.2) is 55.1 Å². The maximum atomic E-state index is 3.27. The number of aryl methyl sites for hydroxylation is 2. The molecule has 0 bridgehead atoms. The van der Waals surface area contributed by atoms with E-state index in [1.165, 1.54) is 5.56 Å². The van der Waals surface area contributed by atoms with Crippen molar-refractivity contribution < 1.29 is 9.13 Å². The Morgan fingerprint density at radius 2 is 1.42 bits per heavy atom. The SMILES string of the molecule is C[n+]1[c-]n(C(c2ccccc2)n2[c-][n+](C)cc2)cc1. The van der Waals surface area contributed by atoms with Crippen molar-refractivity contribution in [3.63, 3.8) is 0 Å². The molecule has 0 atom stereocenters. The van der Waals surface area contributed by atoms with Crippen molar-refractivity contribution in [1.82, 2.24) is 9.13 Å². The minimum atomic E-state index is 0.0311. The van der Waals surface area contributed by atoms with E-state index in [4.69, 9.17) is 0 Å². The van der Waals surface area contributed by atoms with Gasteiger partial charge >= 0.3 is 0 Å². The molecule has 0 aliphatic rings. The van der Waals surface area contributed by atoms with Crippen molar-refractivity contribution in [2.45, 2.75) is 6.17 Å². The predicted octanol–water partition coefficient (Wildman–Crippen LogP) is 0.634. The third-order valence-corrected chi connectivity index (χ3v) is 3.07. The molecule has 0 unspecified atom stereocenters. The number of nitrogens with zero attached hydrogens (tertiary/aromatic N) is 4. The summed E-state index contributed by atoms with van der Waals surface area (Å²) in [4.78, 5) is 0. The molecule has 0 N–H and O–H groups in total. The standard InChI is InChI=1S/C15H16N4/c1-16-8-10-18(12-16)15(14-6-4-3-5-7-14)19-11-9-17(2)13-19/h3-11,15H,1-2H3. The Kier molecular flexibility index (Phi) is 2.91. The quantitative estimate of drug-likeness (QED) is 0.481. The summed E-state index contributed by atoms with van der Waals surface area (Å²) in [5, 5.41) is 0. The van der Waals surface area contributed by atoms with E-state index in [1.54, 1.807) is 0 Å². The molecular formula is C15H16N4. The molecule has 0 spiro atoms. The van der Waals surface area contributed by atoms with Crippen LogP contribution in [0.3, 0.4) is 0 Å². The van der Waals surface area contributed by atoms with E-state index >= 15 is 0 Å². The monoisotopic (exact) mass is 252 g/mol. The fraction of sp³-hybridized carbons (Fsp3) is 0.200. The molecule has 0 aliphatic carbocycles. The van der Waals surface area contributed by atoms with Crippen molar-refractivity contribution in [3.8, 4) is 0 Å². The number of hydrogen-bond donors (Lipinski definition) is 0. The van der Waals surface area contributed by atoms with Crippen LogP contribution in [0.5, 0.6) is 0 Å². The van der Waals surface area contributed by atoms with Crippen LogP contribution in [-0.2, 0) is 14.1 Å². The van der Waals surface area contributed by atoms with Gasteiger partial charge in [-0.1, -0.05) is 30.3 Å². The van der Waals surface area contributed by atoms with Crippen LogP contribution in [0.4, 0.5) is 0 Å². The largest absolute Gasteiger partial charge is 0.354 e. The second kappa shape index (κ2) is 4.72. The molecule has 19 heavy (non-hydrogen) atoms. The van der Waals surface area contributed by atoms with E-state index in [2.05, 4.69) is 36.9 Å². The molecule has 0 fully saturated rings. The van der Waals surface area contributed by atoms with E-state index < -0.39 is 0 Å². The van der Waals surface area contributed by atoms with Crippen LogP contribution >= 0.6 is 0 Å². The zero-order chi connectivity index (χ0) is 13.2. The zero-order valence-electron chi connectivity index (χ0n) is 11.1. The minimum Gasteiger partial charge on any atom is -0.354 e. The molecule has 4 nitrogen and oxygen atoms in total. The molecule has 3 rings (SSSR count). The first kappa shape index (κ1) is 11.7. The Morgan fingerprint density at radius 3 is 1.84 bits per heavy atom. The topological polar surface area (TPSA) is 17.6 Å². The Balaban J connectivity index is 2.11. The molecule has 0 amide bonds. The average Bonchev–Trinajstić information content (AvgIpc) is 3.01. The normalized spacial score (nSPS) is 11.1. The predicted molar refractivity (Wildman–Crippen MR) is 68.9 cm³/mol. The molecule has 0 saturated carbocycles. The number of imidazole rings is 2. The molecule has 0 radical (unpaired) electrons. The van der Waals surface area contributed by atoms with Gasteiger partial charge in [-0.05, 0) is 24.8 Å². The van der Waals surface area contributed by atoms with Crippen molar-refractivity contribution in [3.05, 3.63) is 73.3 Å². The van der Waals surface area contributed by atoms with E-state index in [0.717, 1.165) is 0 Å². The van der Waals surface area contributed by atoms with Gasteiger partial charge in [0.25, 0.3) is 0 Å². The molecule has 3 aromatic rings. The van der Waals surface area contributed by atoms with Gasteiger partial charge in [0.1, 0.15) is 0 Å². The van der Waals surface area contributed by atoms with Crippen LogP contribution in [0.25, 0.3) is 0 Å². The summed E-state index contributed by atoms with van der Waals surface area (Å²) in [6.45, 7) is 0. The van der Waals surface area contributed by atoms with Gasteiger partial charge in [0.2, 0.25) is 18.8 Å². The first-order valence-corrected chi connectivity index (χ1v) is 6.20.